The Balaban J connectivity index is 2.50. The van der Waals surface area contributed by atoms with E-state index in [-0.39, 0.29) is 17.9 Å². The molecule has 1 heterocycles. The van der Waals surface area contributed by atoms with E-state index in [1.807, 2.05) is 11.9 Å². The summed E-state index contributed by atoms with van der Waals surface area (Å²) in [7, 11) is 1.96. The van der Waals surface area contributed by atoms with Crippen molar-refractivity contribution in [2.24, 2.45) is 5.73 Å². The van der Waals surface area contributed by atoms with Crippen LogP contribution in [0, 0.1) is 0 Å². The number of carbonyl (C=O) groups excluding carboxylic acids is 2. The van der Waals surface area contributed by atoms with Gasteiger partial charge in [0.15, 0.2) is 0 Å². The lowest BCUT2D eigenvalue weighted by Crippen LogP contribution is -2.58. The summed E-state index contributed by atoms with van der Waals surface area (Å²) < 4.78 is 1.12. The van der Waals surface area contributed by atoms with Crippen LogP contribution in [0.15, 0.2) is 0 Å². The van der Waals surface area contributed by atoms with Crippen LogP contribution in [0.4, 0.5) is 0 Å². The van der Waals surface area contributed by atoms with Gasteiger partial charge in [0.05, 0.1) is 6.54 Å². The van der Waals surface area contributed by atoms with Gasteiger partial charge in [0, 0.05) is 44.9 Å². The highest BCUT2D eigenvalue weighted by molar-refractivity contribution is 6.20. The first-order valence-electron chi connectivity index (χ1n) is 5.57. The molecule has 1 atom stereocenters. The van der Waals surface area contributed by atoms with Gasteiger partial charge in [-0.05, 0) is 7.05 Å². The van der Waals surface area contributed by atoms with Crippen molar-refractivity contribution < 1.29 is 9.59 Å². The quantitative estimate of drug-likeness (QED) is 0.666. The van der Waals surface area contributed by atoms with E-state index in [0.29, 0.717) is 19.6 Å². The molecule has 98 valence electrons. The summed E-state index contributed by atoms with van der Waals surface area (Å²) in [6.45, 7) is 4.62. The average Bonchev–Trinajstić information content (AvgIpc) is 2.26. The number of likely N-dealkylation sites (N-methyl/N-ethyl adjacent to an activating group) is 1. The van der Waals surface area contributed by atoms with E-state index in [0.717, 1.165) is 17.5 Å². The molecule has 0 spiro atoms. The fourth-order valence-electron chi connectivity index (χ4n) is 1.87. The predicted molar refractivity (Wildman–Crippen MR) is 65.3 cm³/mol. The van der Waals surface area contributed by atoms with Crippen molar-refractivity contribution in [3.8, 4) is 0 Å². The Morgan fingerprint density at radius 2 is 2.12 bits per heavy atom. The summed E-state index contributed by atoms with van der Waals surface area (Å²) in [6.07, 6.45) is 0. The number of primary amides is 1. The van der Waals surface area contributed by atoms with E-state index in [1.165, 1.54) is 6.92 Å². The minimum atomic E-state index is -0.333. The van der Waals surface area contributed by atoms with E-state index in [9.17, 15) is 9.59 Å². The summed E-state index contributed by atoms with van der Waals surface area (Å²) in [5.74, 6) is -0.531. The zero-order valence-corrected chi connectivity index (χ0v) is 11.0. The standard InChI is InChI=1S/C10H19ClN4O2/c1-8(16)15(11)6-5-14-4-3-13(2)7-9(14)10(12)17/h9H,3-7H2,1-2H3,(H2,12,17). The third kappa shape index (κ3) is 4.14. The monoisotopic (exact) mass is 262 g/mol. The Hall–Kier alpha value is -0.850. The van der Waals surface area contributed by atoms with Crippen molar-refractivity contribution in [2.45, 2.75) is 13.0 Å². The molecule has 0 aliphatic carbocycles. The highest BCUT2D eigenvalue weighted by Gasteiger charge is 2.29. The molecule has 0 saturated carbocycles. The molecule has 0 aromatic rings. The van der Waals surface area contributed by atoms with Crippen LogP contribution in [0.25, 0.3) is 0 Å². The zero-order valence-electron chi connectivity index (χ0n) is 10.2. The van der Waals surface area contributed by atoms with Crippen molar-refractivity contribution in [3.63, 3.8) is 0 Å². The SMILES string of the molecule is CC(=O)N(Cl)CCN1CCN(C)CC1C(N)=O. The number of rotatable bonds is 4. The molecule has 0 aromatic heterocycles. The number of piperazine rings is 1. The lowest BCUT2D eigenvalue weighted by molar-refractivity contribution is -0.126. The first-order valence-corrected chi connectivity index (χ1v) is 5.91. The zero-order chi connectivity index (χ0) is 13.0. The number of nitrogens with zero attached hydrogens (tertiary/aromatic N) is 3. The minimum absolute atomic E-state index is 0.198. The first-order chi connectivity index (χ1) is 7.91. The Labute approximate surface area is 106 Å². The molecular formula is C10H19ClN4O2. The van der Waals surface area contributed by atoms with E-state index in [1.54, 1.807) is 0 Å². The summed E-state index contributed by atoms with van der Waals surface area (Å²) in [6, 6.07) is -0.300. The molecule has 1 fully saturated rings. The molecule has 2 N–H and O–H groups in total. The van der Waals surface area contributed by atoms with Crippen LogP contribution in [0.5, 0.6) is 0 Å². The number of carbonyl (C=O) groups is 2. The van der Waals surface area contributed by atoms with Crippen LogP contribution >= 0.6 is 11.8 Å². The Morgan fingerprint density at radius 3 is 2.65 bits per heavy atom. The third-order valence-electron chi connectivity index (χ3n) is 2.95. The number of hydrogen-bond donors (Lipinski definition) is 1. The van der Waals surface area contributed by atoms with Gasteiger partial charge in [0.2, 0.25) is 11.8 Å². The molecule has 0 aromatic carbocycles. The molecule has 2 amide bonds. The molecule has 1 unspecified atom stereocenters. The molecule has 17 heavy (non-hydrogen) atoms. The van der Waals surface area contributed by atoms with Gasteiger partial charge in [0.1, 0.15) is 6.04 Å². The molecule has 0 bridgehead atoms. The topological polar surface area (TPSA) is 69.9 Å². The van der Waals surface area contributed by atoms with E-state index in [2.05, 4.69) is 4.90 Å². The van der Waals surface area contributed by atoms with Gasteiger partial charge >= 0.3 is 0 Å². The number of amides is 2. The summed E-state index contributed by atoms with van der Waals surface area (Å²) in [5.41, 5.74) is 5.37. The second-order valence-corrected chi connectivity index (χ2v) is 4.73. The fraction of sp³-hybridized carbons (Fsp3) is 0.800. The predicted octanol–water partition coefficient (Wildman–Crippen LogP) is -0.910. The molecule has 7 heteroatoms. The molecule has 1 saturated heterocycles. The lowest BCUT2D eigenvalue weighted by atomic mass is 10.1. The Kier molecular flexibility index (Phi) is 5.17. The minimum Gasteiger partial charge on any atom is -0.368 e. The normalized spacial score (nSPS) is 22.4. The first kappa shape index (κ1) is 14.2. The highest BCUT2D eigenvalue weighted by Crippen LogP contribution is 2.08. The maximum absolute atomic E-state index is 11.3. The Bertz CT molecular complexity index is 300. The van der Waals surface area contributed by atoms with Gasteiger partial charge in [-0.25, -0.2) is 0 Å². The number of hydrogen-bond acceptors (Lipinski definition) is 4. The maximum Gasteiger partial charge on any atom is 0.236 e. The van der Waals surface area contributed by atoms with Crippen LogP contribution in [-0.2, 0) is 9.59 Å². The molecule has 1 rings (SSSR count). The van der Waals surface area contributed by atoms with Gasteiger partial charge in [0.25, 0.3) is 0 Å². The van der Waals surface area contributed by atoms with Crippen LogP contribution in [0.2, 0.25) is 0 Å². The third-order valence-corrected chi connectivity index (χ3v) is 3.36. The fourth-order valence-corrected chi connectivity index (χ4v) is 1.94. The van der Waals surface area contributed by atoms with Crippen molar-refractivity contribution in [2.75, 3.05) is 39.8 Å². The summed E-state index contributed by atoms with van der Waals surface area (Å²) in [5, 5.41) is 0. The second-order valence-electron chi connectivity index (χ2n) is 4.32. The molecule has 0 radical (unpaired) electrons. The van der Waals surface area contributed by atoms with E-state index >= 15 is 0 Å². The summed E-state index contributed by atoms with van der Waals surface area (Å²) in [4.78, 5) is 26.3. The van der Waals surface area contributed by atoms with Gasteiger partial charge in [-0.15, -0.1) is 0 Å². The van der Waals surface area contributed by atoms with Crippen LogP contribution < -0.4 is 5.73 Å². The van der Waals surface area contributed by atoms with Gasteiger partial charge in [-0.3, -0.25) is 18.9 Å². The van der Waals surface area contributed by atoms with Gasteiger partial charge in [-0.2, -0.15) is 0 Å². The van der Waals surface area contributed by atoms with Crippen molar-refractivity contribution in [3.05, 3.63) is 0 Å². The summed E-state index contributed by atoms with van der Waals surface area (Å²) >= 11 is 5.72. The van der Waals surface area contributed by atoms with Crippen LogP contribution in [0.1, 0.15) is 6.92 Å². The lowest BCUT2D eigenvalue weighted by Gasteiger charge is -2.38. The van der Waals surface area contributed by atoms with Gasteiger partial charge < -0.3 is 10.6 Å². The average molecular weight is 263 g/mol. The molecule has 6 nitrogen and oxygen atoms in total. The van der Waals surface area contributed by atoms with Crippen molar-refractivity contribution in [1.29, 1.82) is 0 Å². The molecule has 1 aliphatic rings. The maximum atomic E-state index is 11.3. The second kappa shape index (κ2) is 6.18. The molecular weight excluding hydrogens is 244 g/mol. The smallest absolute Gasteiger partial charge is 0.236 e. The van der Waals surface area contributed by atoms with Crippen LogP contribution in [-0.4, -0.2) is 71.8 Å². The van der Waals surface area contributed by atoms with E-state index in [4.69, 9.17) is 17.5 Å². The Morgan fingerprint density at radius 1 is 1.47 bits per heavy atom. The van der Waals surface area contributed by atoms with E-state index < -0.39 is 0 Å². The van der Waals surface area contributed by atoms with Gasteiger partial charge in [-0.1, -0.05) is 0 Å². The largest absolute Gasteiger partial charge is 0.368 e. The van der Waals surface area contributed by atoms with Crippen molar-refractivity contribution in [1.82, 2.24) is 14.2 Å². The van der Waals surface area contributed by atoms with Crippen molar-refractivity contribution >= 4 is 23.6 Å². The van der Waals surface area contributed by atoms with Crippen LogP contribution in [0.3, 0.4) is 0 Å². The number of nitrogens with two attached hydrogens (primary N) is 1. The molecule has 1 aliphatic heterocycles. The number of halogens is 1. The highest BCUT2D eigenvalue weighted by atomic mass is 35.5.